The Morgan fingerprint density at radius 1 is 0.915 bits per heavy atom. The molecule has 256 valence electrons. The van der Waals surface area contributed by atoms with Crippen LogP contribution in [0.15, 0.2) is 71.7 Å². The molecule has 47 heavy (non-hydrogen) atoms. The number of benzene rings is 2. The quantitative estimate of drug-likeness (QED) is 0.199. The van der Waals surface area contributed by atoms with E-state index in [0.717, 1.165) is 39.5 Å². The zero-order valence-electron chi connectivity index (χ0n) is 27.1. The highest BCUT2D eigenvalue weighted by atomic mass is 35.5. The van der Waals surface area contributed by atoms with Crippen molar-refractivity contribution in [1.29, 1.82) is 0 Å². The van der Waals surface area contributed by atoms with Crippen molar-refractivity contribution < 1.29 is 4.79 Å². The molecule has 0 unspecified atom stereocenters. The standard InChI is InChI=1S/C33H40N8O2.4ClH/c1-21-24(10-17-30(34)38-21)18-37-32(42)29-16-15-27-19-35-31(33(43)41(27)29)36-20-28(22-6-11-25(12-7-22)39(2)3)23-8-13-26(14-9-23)40(4)5;;;;/h6-14,17,19,28-29H,15-16,18,20H2,1-5H3,(H2,34,38)(H,35,36)(H,37,42);4*1H/t29-;;;;/m0..../s1. The molecular formula is C33H44Cl4N8O2. The van der Waals surface area contributed by atoms with E-state index in [1.807, 2.05) is 41.2 Å². The second-order valence-electron chi connectivity index (χ2n) is 11.4. The molecule has 2 aromatic heterocycles. The van der Waals surface area contributed by atoms with Crippen LogP contribution in [0.25, 0.3) is 0 Å². The van der Waals surface area contributed by atoms with Gasteiger partial charge in [0.1, 0.15) is 11.9 Å². The van der Waals surface area contributed by atoms with Gasteiger partial charge in [0.2, 0.25) is 5.91 Å². The smallest absolute Gasteiger partial charge is 0.294 e. The zero-order chi connectivity index (χ0) is 30.7. The van der Waals surface area contributed by atoms with Crippen LogP contribution in [0.4, 0.5) is 23.0 Å². The fraction of sp³-hybridized carbons (Fsp3) is 0.333. The highest BCUT2D eigenvalue weighted by molar-refractivity contribution is 5.86. The first-order chi connectivity index (χ1) is 20.6. The Bertz CT molecular complexity index is 1610. The zero-order valence-corrected chi connectivity index (χ0v) is 30.4. The topological polar surface area (TPSA) is 121 Å². The maximum absolute atomic E-state index is 13.7. The van der Waals surface area contributed by atoms with Crippen LogP contribution in [0, 0.1) is 6.92 Å². The molecule has 2 aromatic carbocycles. The van der Waals surface area contributed by atoms with Crippen molar-refractivity contribution in [3.63, 3.8) is 0 Å². The number of carbonyl (C=O) groups is 1. The van der Waals surface area contributed by atoms with Crippen LogP contribution in [0.5, 0.6) is 0 Å². The second kappa shape index (κ2) is 18.0. The maximum atomic E-state index is 13.7. The summed E-state index contributed by atoms with van der Waals surface area (Å²) in [5.74, 6) is 0.452. The van der Waals surface area contributed by atoms with Crippen LogP contribution in [-0.4, -0.2) is 55.2 Å². The molecule has 1 amide bonds. The predicted molar refractivity (Wildman–Crippen MR) is 202 cm³/mol. The molecule has 0 saturated heterocycles. The van der Waals surface area contributed by atoms with Crippen molar-refractivity contribution >= 4 is 78.5 Å². The van der Waals surface area contributed by atoms with E-state index in [2.05, 4.69) is 78.9 Å². The number of hydrogen-bond acceptors (Lipinski definition) is 8. The van der Waals surface area contributed by atoms with Gasteiger partial charge in [0.25, 0.3) is 5.56 Å². The second-order valence-corrected chi connectivity index (χ2v) is 11.4. The van der Waals surface area contributed by atoms with Gasteiger partial charge in [-0.05, 0) is 66.8 Å². The summed E-state index contributed by atoms with van der Waals surface area (Å²) in [5, 5.41) is 6.31. The molecule has 14 heteroatoms. The number of nitrogens with zero attached hydrogens (tertiary/aromatic N) is 5. The first-order valence-electron chi connectivity index (χ1n) is 14.5. The Morgan fingerprint density at radius 3 is 1.98 bits per heavy atom. The van der Waals surface area contributed by atoms with Crippen molar-refractivity contribution in [2.75, 3.05) is 55.6 Å². The summed E-state index contributed by atoms with van der Waals surface area (Å²) < 4.78 is 1.59. The van der Waals surface area contributed by atoms with E-state index in [-0.39, 0.29) is 72.8 Å². The normalized spacial score (nSPS) is 12.8. The van der Waals surface area contributed by atoms with Crippen molar-refractivity contribution in [2.24, 2.45) is 0 Å². The number of fused-ring (bicyclic) bond motifs is 1. The van der Waals surface area contributed by atoms with Gasteiger partial charge >= 0.3 is 0 Å². The fourth-order valence-corrected chi connectivity index (χ4v) is 5.54. The summed E-state index contributed by atoms with van der Waals surface area (Å²) in [5.41, 5.74) is 12.4. The number of nitrogens with two attached hydrogens (primary N) is 1. The lowest BCUT2D eigenvalue weighted by Crippen LogP contribution is -2.36. The summed E-state index contributed by atoms with van der Waals surface area (Å²) in [4.78, 5) is 39.8. The van der Waals surface area contributed by atoms with E-state index in [0.29, 0.717) is 31.7 Å². The van der Waals surface area contributed by atoms with Gasteiger partial charge in [-0.25, -0.2) is 9.97 Å². The Kier molecular flexibility index (Phi) is 15.8. The van der Waals surface area contributed by atoms with E-state index in [1.54, 1.807) is 16.8 Å². The highest BCUT2D eigenvalue weighted by Crippen LogP contribution is 2.29. The van der Waals surface area contributed by atoms with Crippen LogP contribution in [0.1, 0.15) is 46.5 Å². The minimum atomic E-state index is -0.596. The number of pyridine rings is 1. The predicted octanol–water partition coefficient (Wildman–Crippen LogP) is 5.40. The molecule has 4 aromatic rings. The number of nitrogen functional groups attached to an aromatic ring is 1. The highest BCUT2D eigenvalue weighted by Gasteiger charge is 2.31. The van der Waals surface area contributed by atoms with Crippen LogP contribution in [0.3, 0.4) is 0 Å². The molecule has 0 saturated carbocycles. The summed E-state index contributed by atoms with van der Waals surface area (Å²) in [6.07, 6.45) is 2.87. The Morgan fingerprint density at radius 2 is 1.47 bits per heavy atom. The monoisotopic (exact) mass is 724 g/mol. The molecule has 3 heterocycles. The fourth-order valence-electron chi connectivity index (χ4n) is 5.54. The van der Waals surface area contributed by atoms with Crippen molar-refractivity contribution in [1.82, 2.24) is 19.9 Å². The van der Waals surface area contributed by atoms with Gasteiger partial charge in [0.15, 0.2) is 5.82 Å². The van der Waals surface area contributed by atoms with Gasteiger partial charge in [0.05, 0.1) is 0 Å². The van der Waals surface area contributed by atoms with E-state index in [1.165, 1.54) is 0 Å². The number of aryl methyl sites for hydroxylation is 2. The van der Waals surface area contributed by atoms with Crippen molar-refractivity contribution in [2.45, 2.75) is 38.3 Å². The molecule has 1 atom stereocenters. The van der Waals surface area contributed by atoms with Crippen molar-refractivity contribution in [3.05, 3.63) is 105 Å². The van der Waals surface area contributed by atoms with Crippen LogP contribution in [-0.2, 0) is 17.8 Å². The van der Waals surface area contributed by atoms with Gasteiger partial charge < -0.3 is 26.2 Å². The summed E-state index contributed by atoms with van der Waals surface area (Å²) >= 11 is 0. The molecule has 0 spiro atoms. The molecule has 5 rings (SSSR count). The van der Waals surface area contributed by atoms with Crippen molar-refractivity contribution in [3.8, 4) is 0 Å². The number of amides is 1. The maximum Gasteiger partial charge on any atom is 0.294 e. The molecule has 1 aliphatic heterocycles. The molecule has 0 fully saturated rings. The van der Waals surface area contributed by atoms with Crippen LogP contribution < -0.4 is 31.7 Å². The number of nitrogens with one attached hydrogen (secondary N) is 2. The average Bonchev–Trinajstić information content (AvgIpc) is 3.43. The Labute approximate surface area is 301 Å². The first kappa shape index (κ1) is 41.3. The van der Waals surface area contributed by atoms with E-state index >= 15 is 0 Å². The van der Waals surface area contributed by atoms with Gasteiger partial charge in [-0.15, -0.1) is 49.6 Å². The lowest BCUT2D eigenvalue weighted by atomic mass is 9.90. The molecule has 0 radical (unpaired) electrons. The molecule has 1 aliphatic rings. The van der Waals surface area contributed by atoms with Gasteiger partial charge in [-0.1, -0.05) is 30.3 Å². The largest absolute Gasteiger partial charge is 0.384 e. The number of halogens is 4. The third-order valence-corrected chi connectivity index (χ3v) is 8.13. The first-order valence-corrected chi connectivity index (χ1v) is 14.5. The molecule has 0 aliphatic carbocycles. The SMILES string of the molecule is Cc1nc(N)ccc1CNC(=O)[C@@H]1CCc2cnc(NCC(c3ccc(N(C)C)cc3)c3ccc(N(C)C)cc3)c(=O)n21.Cl.Cl.Cl.Cl. The number of carbonyl (C=O) groups excluding carboxylic acids is 1. The Hall–Kier alpha value is -3.70. The minimum absolute atomic E-state index is 0. The van der Waals surface area contributed by atoms with Gasteiger partial charge in [-0.3, -0.25) is 14.2 Å². The molecular weight excluding hydrogens is 682 g/mol. The number of aromatic nitrogens is 3. The summed E-state index contributed by atoms with van der Waals surface area (Å²) in [7, 11) is 8.07. The third kappa shape index (κ3) is 9.44. The van der Waals surface area contributed by atoms with Gasteiger partial charge in [0, 0.05) is 76.2 Å². The third-order valence-electron chi connectivity index (χ3n) is 8.13. The molecule has 0 bridgehead atoms. The van der Waals surface area contributed by atoms with E-state index in [4.69, 9.17) is 5.73 Å². The van der Waals surface area contributed by atoms with Crippen LogP contribution >= 0.6 is 49.6 Å². The molecule has 4 N–H and O–H groups in total. The summed E-state index contributed by atoms with van der Waals surface area (Å²) in [6, 6.07) is 19.9. The number of rotatable bonds is 10. The van der Waals surface area contributed by atoms with E-state index < -0.39 is 6.04 Å². The number of anilines is 4. The Balaban J connectivity index is 0.00000276. The lowest BCUT2D eigenvalue weighted by Gasteiger charge is -2.22. The minimum Gasteiger partial charge on any atom is -0.384 e. The summed E-state index contributed by atoms with van der Waals surface area (Å²) in [6.45, 7) is 2.64. The number of hydrogen-bond donors (Lipinski definition) is 3. The lowest BCUT2D eigenvalue weighted by molar-refractivity contribution is -0.124. The van der Waals surface area contributed by atoms with Gasteiger partial charge in [-0.2, -0.15) is 0 Å². The average molecular weight is 727 g/mol. The molecule has 10 nitrogen and oxygen atoms in total. The van der Waals surface area contributed by atoms with Crippen LogP contribution in [0.2, 0.25) is 0 Å². The van der Waals surface area contributed by atoms with E-state index in [9.17, 15) is 9.59 Å².